The van der Waals surface area contributed by atoms with Crippen LogP contribution in [0.4, 0.5) is 0 Å². The van der Waals surface area contributed by atoms with Gasteiger partial charge in [0.25, 0.3) is 0 Å². The van der Waals surface area contributed by atoms with Gasteiger partial charge >= 0.3 is 0 Å². The highest BCUT2D eigenvalue weighted by molar-refractivity contribution is 6.76. The zero-order valence-electron chi connectivity index (χ0n) is 14.1. The Morgan fingerprint density at radius 2 is 1.67 bits per heavy atom. The third kappa shape index (κ3) is 2.86. The summed E-state index contributed by atoms with van der Waals surface area (Å²) < 4.78 is 0. The van der Waals surface area contributed by atoms with Crippen LogP contribution in [0.15, 0.2) is 37.5 Å². The molecule has 0 saturated heterocycles. The molecule has 0 unspecified atom stereocenters. The van der Waals surface area contributed by atoms with Crippen molar-refractivity contribution < 1.29 is 0 Å². The molecule has 4 rings (SSSR count). The Kier molecular flexibility index (Phi) is 4.07. The van der Waals surface area contributed by atoms with Gasteiger partial charge in [-0.3, -0.25) is 0 Å². The minimum Gasteiger partial charge on any atom is -0.103 e. The summed E-state index contributed by atoms with van der Waals surface area (Å²) in [5, 5.41) is 0. The van der Waals surface area contributed by atoms with E-state index in [1.807, 2.05) is 0 Å². The number of rotatable bonds is 6. The van der Waals surface area contributed by atoms with E-state index in [0.717, 1.165) is 41.4 Å². The summed E-state index contributed by atoms with van der Waals surface area (Å²) in [7, 11) is -0.972. The van der Waals surface area contributed by atoms with E-state index in [9.17, 15) is 0 Å². The van der Waals surface area contributed by atoms with Crippen LogP contribution in [0.1, 0.15) is 19.3 Å². The maximum Gasteiger partial charge on any atom is 0.0445 e. The Morgan fingerprint density at radius 1 is 1.00 bits per heavy atom. The summed E-state index contributed by atoms with van der Waals surface area (Å²) in [4.78, 5) is 0. The van der Waals surface area contributed by atoms with Crippen LogP contribution in [-0.2, 0) is 0 Å². The second-order valence-electron chi connectivity index (χ2n) is 8.92. The lowest BCUT2D eigenvalue weighted by Gasteiger charge is -2.37. The maximum absolute atomic E-state index is 4.06. The first-order valence-corrected chi connectivity index (χ1v) is 12.6. The topological polar surface area (TPSA) is 0 Å². The minimum absolute atomic E-state index is 0.829. The molecule has 0 spiro atoms. The van der Waals surface area contributed by atoms with E-state index in [2.05, 4.69) is 57.1 Å². The molecule has 7 atom stereocenters. The summed E-state index contributed by atoms with van der Waals surface area (Å²) in [6, 6.07) is 1.51. The van der Waals surface area contributed by atoms with Gasteiger partial charge in [0.15, 0.2) is 0 Å². The van der Waals surface area contributed by atoms with Gasteiger partial charge in [-0.25, -0.2) is 0 Å². The molecule has 0 aliphatic heterocycles. The molecule has 116 valence electrons. The van der Waals surface area contributed by atoms with Crippen molar-refractivity contribution in [1.82, 2.24) is 0 Å². The first-order valence-electron chi connectivity index (χ1n) is 8.86. The second-order valence-corrected chi connectivity index (χ2v) is 14.4. The van der Waals surface area contributed by atoms with Gasteiger partial charge in [-0.15, -0.1) is 13.2 Å². The second kappa shape index (κ2) is 5.57. The monoisotopic (exact) mass is 300 g/mol. The van der Waals surface area contributed by atoms with E-state index in [1.54, 1.807) is 0 Å². The van der Waals surface area contributed by atoms with E-state index in [1.165, 1.54) is 25.3 Å². The van der Waals surface area contributed by atoms with E-state index >= 15 is 0 Å². The molecule has 2 bridgehead atoms. The molecule has 0 aromatic carbocycles. The first kappa shape index (κ1) is 15.3. The molecule has 0 N–H and O–H groups in total. The Hall–Kier alpha value is -0.563. The van der Waals surface area contributed by atoms with Crippen LogP contribution in [0.2, 0.25) is 25.7 Å². The van der Waals surface area contributed by atoms with Gasteiger partial charge in [0.2, 0.25) is 0 Å². The van der Waals surface area contributed by atoms with Crippen LogP contribution in [0.5, 0.6) is 0 Å². The Morgan fingerprint density at radius 3 is 2.29 bits per heavy atom. The highest BCUT2D eigenvalue weighted by atomic mass is 28.3. The highest BCUT2D eigenvalue weighted by Crippen LogP contribution is 2.66. The summed E-state index contributed by atoms with van der Waals surface area (Å²) in [6.45, 7) is 15.7. The minimum atomic E-state index is -0.972. The van der Waals surface area contributed by atoms with Crippen molar-refractivity contribution in [2.45, 2.75) is 44.9 Å². The molecule has 0 amide bonds. The molecule has 0 radical (unpaired) electrons. The Balaban J connectivity index is 1.83. The maximum atomic E-state index is 4.06. The van der Waals surface area contributed by atoms with E-state index < -0.39 is 8.07 Å². The number of allylic oxidation sites excluding steroid dienone is 4. The molecule has 0 aromatic heterocycles. The molecule has 4 aliphatic carbocycles. The largest absolute Gasteiger partial charge is 0.103 e. The molecule has 0 heterocycles. The zero-order chi connectivity index (χ0) is 15.2. The van der Waals surface area contributed by atoms with Crippen molar-refractivity contribution in [2.75, 3.05) is 0 Å². The average molecular weight is 301 g/mol. The van der Waals surface area contributed by atoms with Crippen molar-refractivity contribution in [3.63, 3.8) is 0 Å². The lowest BCUT2D eigenvalue weighted by Crippen LogP contribution is -2.33. The van der Waals surface area contributed by atoms with Crippen molar-refractivity contribution >= 4 is 8.07 Å². The molecule has 1 heteroatoms. The average Bonchev–Trinajstić information content (AvgIpc) is 3.12. The van der Waals surface area contributed by atoms with Gasteiger partial charge in [-0.1, -0.05) is 50.0 Å². The Bertz CT molecular complexity index is 441. The van der Waals surface area contributed by atoms with Crippen LogP contribution in [-0.4, -0.2) is 8.07 Å². The molecule has 2 saturated carbocycles. The summed E-state index contributed by atoms with van der Waals surface area (Å²) >= 11 is 0. The fraction of sp³-hybridized carbons (Fsp3) is 0.700. The summed E-state index contributed by atoms with van der Waals surface area (Å²) in [5.41, 5.74) is 0. The predicted molar refractivity (Wildman–Crippen MR) is 96.0 cm³/mol. The van der Waals surface area contributed by atoms with Gasteiger partial charge in [0.1, 0.15) is 0 Å². The van der Waals surface area contributed by atoms with Crippen molar-refractivity contribution in [1.29, 1.82) is 0 Å². The van der Waals surface area contributed by atoms with Crippen LogP contribution < -0.4 is 0 Å². The van der Waals surface area contributed by atoms with E-state index in [4.69, 9.17) is 0 Å². The number of hydrogen-bond donors (Lipinski definition) is 0. The molecule has 21 heavy (non-hydrogen) atoms. The third-order valence-electron chi connectivity index (χ3n) is 6.23. The first-order chi connectivity index (χ1) is 9.96. The SMILES string of the molecule is C=CC[C@@H]1[C@@H]2C=C[C@@H](C[C@H]2C[Si](C)(C)C)[C@H]2[C@H](CC=C)[C@@H]12. The summed E-state index contributed by atoms with van der Waals surface area (Å²) in [6.07, 6.45) is 13.5. The lowest BCUT2D eigenvalue weighted by atomic mass is 9.73. The van der Waals surface area contributed by atoms with Crippen molar-refractivity contribution in [3.8, 4) is 0 Å². The smallest absolute Gasteiger partial charge is 0.0445 e. The standard InChI is InChI=1S/C20H32Si/c1-6-8-17-16-11-10-14(12-15(16)13-21(3,4)5)19-18(9-7-2)20(17)19/h6-7,10-11,14-20H,1-2,8-9,12-13H2,3-5H3/t14-,15-,16+,17+,18-,19-,20+/m0/s1. The Labute approximate surface area is 132 Å². The van der Waals surface area contributed by atoms with Crippen LogP contribution in [0.25, 0.3) is 0 Å². The summed E-state index contributed by atoms with van der Waals surface area (Å²) in [5.74, 6) is 6.36. The van der Waals surface area contributed by atoms with Crippen molar-refractivity contribution in [3.05, 3.63) is 37.5 Å². The molecule has 0 nitrogen and oxygen atoms in total. The van der Waals surface area contributed by atoms with Gasteiger partial charge in [-0.2, -0.15) is 0 Å². The van der Waals surface area contributed by atoms with Crippen molar-refractivity contribution in [2.24, 2.45) is 41.4 Å². The van der Waals surface area contributed by atoms with Crippen LogP contribution in [0, 0.1) is 41.4 Å². The van der Waals surface area contributed by atoms with Gasteiger partial charge in [-0.05, 0) is 60.7 Å². The molecular weight excluding hydrogens is 268 g/mol. The fourth-order valence-corrected chi connectivity index (χ4v) is 7.71. The molecular formula is C20H32Si. The quantitative estimate of drug-likeness (QED) is 0.431. The molecule has 2 fully saturated rings. The highest BCUT2D eigenvalue weighted by Gasteiger charge is 2.60. The molecule has 0 aromatic rings. The van der Waals surface area contributed by atoms with E-state index in [0.29, 0.717) is 0 Å². The lowest BCUT2D eigenvalue weighted by molar-refractivity contribution is 0.244. The third-order valence-corrected chi connectivity index (χ3v) is 7.98. The van der Waals surface area contributed by atoms with Gasteiger partial charge < -0.3 is 0 Å². The van der Waals surface area contributed by atoms with Crippen LogP contribution >= 0.6 is 0 Å². The normalized spacial score (nSPS) is 44.0. The zero-order valence-corrected chi connectivity index (χ0v) is 15.1. The van der Waals surface area contributed by atoms with Gasteiger partial charge in [0, 0.05) is 8.07 Å². The molecule has 4 aliphatic rings. The van der Waals surface area contributed by atoms with Crippen LogP contribution in [0.3, 0.4) is 0 Å². The van der Waals surface area contributed by atoms with E-state index in [-0.39, 0.29) is 0 Å². The number of fused-ring (bicyclic) bond motifs is 1. The predicted octanol–water partition coefficient (Wildman–Crippen LogP) is 5.78. The fourth-order valence-electron chi connectivity index (χ4n) is 5.70. The number of hydrogen-bond acceptors (Lipinski definition) is 0. The van der Waals surface area contributed by atoms with Gasteiger partial charge in [0.05, 0.1) is 0 Å².